The molecule has 0 bridgehead atoms. The van der Waals surface area contributed by atoms with Gasteiger partial charge >= 0.3 is 5.97 Å². The van der Waals surface area contributed by atoms with E-state index in [0.717, 1.165) is 0 Å². The van der Waals surface area contributed by atoms with Crippen LogP contribution in [0.25, 0.3) is 0 Å². The average molecular weight is 356 g/mol. The number of nitrogens with zero attached hydrogens (tertiary/aromatic N) is 3. The van der Waals surface area contributed by atoms with Crippen molar-refractivity contribution in [2.75, 3.05) is 24.5 Å². The van der Waals surface area contributed by atoms with E-state index >= 15 is 0 Å². The number of nitrogens with one attached hydrogen (secondary N) is 3. The van der Waals surface area contributed by atoms with Gasteiger partial charge in [0.15, 0.2) is 11.5 Å². The van der Waals surface area contributed by atoms with Crippen LogP contribution in [0.1, 0.15) is 17.4 Å². The number of amides is 1. The van der Waals surface area contributed by atoms with Crippen molar-refractivity contribution in [3.63, 3.8) is 0 Å². The normalized spacial score (nSPS) is 10.6. The zero-order valence-corrected chi connectivity index (χ0v) is 14.1. The molecule has 0 saturated heterocycles. The van der Waals surface area contributed by atoms with Crippen LogP contribution in [0.5, 0.6) is 5.75 Å². The van der Waals surface area contributed by atoms with Crippen molar-refractivity contribution >= 4 is 29.1 Å². The van der Waals surface area contributed by atoms with Crippen LogP contribution in [0.2, 0.25) is 0 Å². The quantitative estimate of drug-likeness (QED) is 0.388. The van der Waals surface area contributed by atoms with E-state index in [1.165, 1.54) is 13.4 Å². The van der Waals surface area contributed by atoms with Gasteiger partial charge in [0.05, 0.1) is 25.7 Å². The van der Waals surface area contributed by atoms with Gasteiger partial charge in [0.1, 0.15) is 11.8 Å². The first-order valence-electron chi connectivity index (χ1n) is 7.49. The first-order chi connectivity index (χ1) is 12.6. The van der Waals surface area contributed by atoms with Gasteiger partial charge in [-0.25, -0.2) is 9.78 Å². The second-order valence-electron chi connectivity index (χ2n) is 4.69. The van der Waals surface area contributed by atoms with E-state index in [1.807, 2.05) is 0 Å². The maximum absolute atomic E-state index is 12.2. The maximum atomic E-state index is 12.2. The molecule has 1 aromatic carbocycles. The maximum Gasteiger partial charge on any atom is 0.358 e. The number of para-hydroxylation sites is 2. The highest BCUT2D eigenvalue weighted by molar-refractivity contribution is 6.48. The Morgan fingerprint density at radius 1 is 1.38 bits per heavy atom. The molecule has 10 nitrogen and oxygen atoms in total. The van der Waals surface area contributed by atoms with Gasteiger partial charge in [0, 0.05) is 0 Å². The number of aromatic amines is 1. The molecule has 2 rings (SSSR count). The lowest BCUT2D eigenvalue weighted by Gasteiger charge is -2.08. The number of rotatable bonds is 7. The molecule has 26 heavy (non-hydrogen) atoms. The van der Waals surface area contributed by atoms with Crippen molar-refractivity contribution < 1.29 is 19.1 Å². The van der Waals surface area contributed by atoms with Crippen LogP contribution in [0, 0.1) is 11.3 Å². The number of hydrogen-bond acceptors (Lipinski definition) is 8. The SMILES string of the molecule is CCOC(=O)c1[nH]cnc1N/N=C(/C#N)C(=O)Nc1ccccc1OC. The van der Waals surface area contributed by atoms with Crippen molar-refractivity contribution in [2.45, 2.75) is 6.92 Å². The second kappa shape index (κ2) is 8.84. The Bertz CT molecular complexity index is 868. The van der Waals surface area contributed by atoms with Crippen LogP contribution in [0.15, 0.2) is 35.7 Å². The summed E-state index contributed by atoms with van der Waals surface area (Å²) in [5.74, 6) is -0.929. The van der Waals surface area contributed by atoms with Crippen molar-refractivity contribution in [1.29, 1.82) is 5.26 Å². The molecular formula is C16H16N6O4. The van der Waals surface area contributed by atoms with Gasteiger partial charge in [-0.3, -0.25) is 10.2 Å². The van der Waals surface area contributed by atoms with Crippen LogP contribution in [0.3, 0.4) is 0 Å². The predicted molar refractivity (Wildman–Crippen MR) is 92.8 cm³/mol. The number of esters is 1. The molecule has 134 valence electrons. The zero-order chi connectivity index (χ0) is 18.9. The summed E-state index contributed by atoms with van der Waals surface area (Å²) in [7, 11) is 1.46. The molecule has 0 aliphatic heterocycles. The highest BCUT2D eigenvalue weighted by Gasteiger charge is 2.17. The number of H-pyrrole nitrogens is 1. The van der Waals surface area contributed by atoms with Crippen molar-refractivity contribution in [2.24, 2.45) is 5.10 Å². The Morgan fingerprint density at radius 2 is 2.15 bits per heavy atom. The number of imidazole rings is 1. The number of anilines is 2. The van der Waals surface area contributed by atoms with Gasteiger partial charge < -0.3 is 19.8 Å². The minimum Gasteiger partial charge on any atom is -0.495 e. The average Bonchev–Trinajstić information content (AvgIpc) is 3.11. The molecule has 3 N–H and O–H groups in total. The molecule has 1 heterocycles. The molecule has 0 saturated carbocycles. The summed E-state index contributed by atoms with van der Waals surface area (Å²) < 4.78 is 9.98. The van der Waals surface area contributed by atoms with Gasteiger partial charge in [0.2, 0.25) is 5.71 Å². The van der Waals surface area contributed by atoms with Crippen LogP contribution in [-0.2, 0) is 9.53 Å². The highest BCUT2D eigenvalue weighted by Crippen LogP contribution is 2.22. The number of ether oxygens (including phenoxy) is 2. The largest absolute Gasteiger partial charge is 0.495 e. The molecule has 1 amide bonds. The third kappa shape index (κ3) is 4.35. The lowest BCUT2D eigenvalue weighted by molar-refractivity contribution is -0.110. The van der Waals surface area contributed by atoms with Crippen molar-refractivity contribution in [3.8, 4) is 11.8 Å². The second-order valence-corrected chi connectivity index (χ2v) is 4.69. The number of benzene rings is 1. The standard InChI is InChI=1S/C16H16N6O4/c1-3-26-16(24)13-14(19-9-18-13)22-21-11(8-17)15(23)20-10-6-4-5-7-12(10)25-2/h4-7,9,22H,3H2,1-2H3,(H,18,19)(H,20,23)/b21-11-. The molecule has 0 atom stereocenters. The summed E-state index contributed by atoms with van der Waals surface area (Å²) in [6.45, 7) is 1.85. The molecule has 0 aliphatic rings. The van der Waals surface area contributed by atoms with E-state index in [2.05, 4.69) is 25.8 Å². The fourth-order valence-electron chi connectivity index (χ4n) is 1.90. The van der Waals surface area contributed by atoms with E-state index < -0.39 is 17.6 Å². The first-order valence-corrected chi connectivity index (χ1v) is 7.49. The Balaban J connectivity index is 2.14. The van der Waals surface area contributed by atoms with Gasteiger partial charge in [0.25, 0.3) is 5.91 Å². The number of carbonyl (C=O) groups is 2. The van der Waals surface area contributed by atoms with E-state index in [1.54, 1.807) is 37.3 Å². The predicted octanol–water partition coefficient (Wildman–Crippen LogP) is 1.53. The molecule has 0 radical (unpaired) electrons. The lowest BCUT2D eigenvalue weighted by atomic mass is 10.2. The summed E-state index contributed by atoms with van der Waals surface area (Å²) >= 11 is 0. The number of nitriles is 1. The topological polar surface area (TPSA) is 141 Å². The van der Waals surface area contributed by atoms with E-state index in [0.29, 0.717) is 11.4 Å². The first kappa shape index (κ1) is 18.5. The fraction of sp³-hybridized carbons (Fsp3) is 0.188. The molecule has 1 aromatic heterocycles. The Kier molecular flexibility index (Phi) is 6.28. The fourth-order valence-corrected chi connectivity index (χ4v) is 1.90. The van der Waals surface area contributed by atoms with E-state index in [9.17, 15) is 9.59 Å². The summed E-state index contributed by atoms with van der Waals surface area (Å²) in [4.78, 5) is 30.4. The molecular weight excluding hydrogens is 340 g/mol. The van der Waals surface area contributed by atoms with Gasteiger partial charge in [-0.15, -0.1) is 0 Å². The van der Waals surface area contributed by atoms with Gasteiger partial charge in [-0.1, -0.05) is 12.1 Å². The highest BCUT2D eigenvalue weighted by atomic mass is 16.5. The number of aromatic nitrogens is 2. The molecule has 0 aliphatic carbocycles. The summed E-state index contributed by atoms with van der Waals surface area (Å²) in [6, 6.07) is 8.40. The number of hydrazone groups is 1. The number of hydrogen-bond donors (Lipinski definition) is 3. The van der Waals surface area contributed by atoms with Crippen LogP contribution < -0.4 is 15.5 Å². The molecule has 0 fully saturated rings. The van der Waals surface area contributed by atoms with Crippen molar-refractivity contribution in [1.82, 2.24) is 9.97 Å². The zero-order valence-electron chi connectivity index (χ0n) is 14.1. The molecule has 2 aromatic rings. The minimum absolute atomic E-state index is 0.0260. The number of methoxy groups -OCH3 is 1. The monoisotopic (exact) mass is 356 g/mol. The number of carbonyl (C=O) groups excluding carboxylic acids is 2. The van der Waals surface area contributed by atoms with Crippen LogP contribution >= 0.6 is 0 Å². The Morgan fingerprint density at radius 3 is 2.85 bits per heavy atom. The minimum atomic E-state index is -0.752. The molecule has 10 heteroatoms. The van der Waals surface area contributed by atoms with Crippen LogP contribution in [-0.4, -0.2) is 41.3 Å². The molecule has 0 spiro atoms. The lowest BCUT2D eigenvalue weighted by Crippen LogP contribution is -2.23. The third-order valence-electron chi connectivity index (χ3n) is 3.07. The smallest absolute Gasteiger partial charge is 0.358 e. The molecule has 0 unspecified atom stereocenters. The summed E-state index contributed by atoms with van der Waals surface area (Å²) in [5.41, 5.74) is 2.36. The summed E-state index contributed by atoms with van der Waals surface area (Å²) in [6.07, 6.45) is 1.26. The Hall–Kier alpha value is -3.87. The summed E-state index contributed by atoms with van der Waals surface area (Å²) in [5, 5.41) is 15.4. The third-order valence-corrected chi connectivity index (χ3v) is 3.07. The van der Waals surface area contributed by atoms with Crippen molar-refractivity contribution in [3.05, 3.63) is 36.3 Å². The van der Waals surface area contributed by atoms with E-state index in [-0.39, 0.29) is 18.1 Å². The Labute approximate surface area is 148 Å². The van der Waals surface area contributed by atoms with E-state index in [4.69, 9.17) is 14.7 Å². The van der Waals surface area contributed by atoms with Gasteiger partial charge in [-0.05, 0) is 19.1 Å². The van der Waals surface area contributed by atoms with Crippen LogP contribution in [0.4, 0.5) is 11.5 Å². The van der Waals surface area contributed by atoms with Gasteiger partial charge in [-0.2, -0.15) is 10.4 Å².